The van der Waals surface area contributed by atoms with Gasteiger partial charge in [-0.1, -0.05) is 12.1 Å². The molecule has 0 bridgehead atoms. The lowest BCUT2D eigenvalue weighted by molar-refractivity contribution is 0.217. The molecule has 0 saturated carbocycles. The SMILES string of the molecule is CN(CCO)Cc1cccc(NC=C(C#N)c2nn[nH]n2)c1. The standard InChI is InChI=1S/C14H17N7O/c1-21(5-6-22)10-11-3-2-4-13(7-11)16-9-12(8-15)14-17-19-20-18-14/h2-4,7,9,16,22H,5-6,10H2,1H3,(H,17,18,19,20). The van der Waals surface area contributed by atoms with Gasteiger partial charge in [0.05, 0.1) is 6.61 Å². The van der Waals surface area contributed by atoms with Gasteiger partial charge in [0.1, 0.15) is 11.6 Å². The van der Waals surface area contributed by atoms with Crippen LogP contribution in [0.25, 0.3) is 5.57 Å². The fraction of sp³-hybridized carbons (Fsp3) is 0.286. The third-order valence-electron chi connectivity index (χ3n) is 2.95. The fourth-order valence-corrected chi connectivity index (χ4v) is 1.90. The molecule has 0 aliphatic carbocycles. The Hall–Kier alpha value is -2.76. The van der Waals surface area contributed by atoms with Crippen LogP contribution in [0.1, 0.15) is 11.4 Å². The zero-order valence-corrected chi connectivity index (χ0v) is 12.2. The molecule has 0 radical (unpaired) electrons. The Bertz CT molecular complexity index is 660. The predicted molar refractivity (Wildman–Crippen MR) is 81.3 cm³/mol. The topological polar surface area (TPSA) is 114 Å². The number of aliphatic hydroxyl groups is 1. The molecule has 22 heavy (non-hydrogen) atoms. The van der Waals surface area contributed by atoms with E-state index in [1.54, 1.807) is 6.20 Å². The highest BCUT2D eigenvalue weighted by Gasteiger charge is 2.05. The Morgan fingerprint density at radius 2 is 2.41 bits per heavy atom. The van der Waals surface area contributed by atoms with Crippen LogP contribution in [-0.2, 0) is 6.54 Å². The molecule has 1 aromatic carbocycles. The van der Waals surface area contributed by atoms with Gasteiger partial charge in [-0.05, 0) is 30.0 Å². The highest BCUT2D eigenvalue weighted by Crippen LogP contribution is 2.14. The normalized spacial score (nSPS) is 11.5. The van der Waals surface area contributed by atoms with Gasteiger partial charge in [-0.15, -0.1) is 10.2 Å². The van der Waals surface area contributed by atoms with E-state index in [2.05, 4.69) is 25.9 Å². The van der Waals surface area contributed by atoms with Crippen LogP contribution < -0.4 is 5.32 Å². The van der Waals surface area contributed by atoms with Gasteiger partial charge in [0.2, 0.25) is 5.82 Å². The first-order valence-electron chi connectivity index (χ1n) is 6.72. The van der Waals surface area contributed by atoms with Crippen LogP contribution in [0.15, 0.2) is 30.5 Å². The van der Waals surface area contributed by atoms with E-state index < -0.39 is 0 Å². The molecule has 114 valence electrons. The van der Waals surface area contributed by atoms with E-state index in [0.29, 0.717) is 6.54 Å². The van der Waals surface area contributed by atoms with Crippen molar-refractivity contribution in [3.05, 3.63) is 41.9 Å². The summed E-state index contributed by atoms with van der Waals surface area (Å²) < 4.78 is 0. The molecule has 0 unspecified atom stereocenters. The second-order valence-electron chi connectivity index (χ2n) is 4.71. The van der Waals surface area contributed by atoms with Gasteiger partial charge in [-0.3, -0.25) is 4.90 Å². The van der Waals surface area contributed by atoms with Crippen molar-refractivity contribution in [3.63, 3.8) is 0 Å². The summed E-state index contributed by atoms with van der Waals surface area (Å²) in [5.74, 6) is 0.244. The summed E-state index contributed by atoms with van der Waals surface area (Å²) in [6.45, 7) is 1.48. The number of likely N-dealkylation sites (N-methyl/N-ethyl adjacent to an activating group) is 1. The summed E-state index contributed by atoms with van der Waals surface area (Å²) in [6, 6.07) is 9.83. The summed E-state index contributed by atoms with van der Waals surface area (Å²) >= 11 is 0. The number of allylic oxidation sites excluding steroid dienone is 1. The van der Waals surface area contributed by atoms with Crippen molar-refractivity contribution in [2.24, 2.45) is 0 Å². The van der Waals surface area contributed by atoms with Crippen molar-refractivity contribution in [2.75, 3.05) is 25.5 Å². The molecule has 0 fully saturated rings. The average Bonchev–Trinajstić information content (AvgIpc) is 3.03. The number of anilines is 1. The smallest absolute Gasteiger partial charge is 0.216 e. The van der Waals surface area contributed by atoms with E-state index >= 15 is 0 Å². The van der Waals surface area contributed by atoms with Crippen LogP contribution >= 0.6 is 0 Å². The number of aromatic nitrogens is 4. The second-order valence-corrected chi connectivity index (χ2v) is 4.71. The van der Waals surface area contributed by atoms with Gasteiger partial charge in [-0.25, -0.2) is 0 Å². The fourth-order valence-electron chi connectivity index (χ4n) is 1.90. The number of aliphatic hydroxyl groups excluding tert-OH is 1. The van der Waals surface area contributed by atoms with Crippen molar-refractivity contribution < 1.29 is 5.11 Å². The minimum Gasteiger partial charge on any atom is -0.395 e. The number of nitrogens with zero attached hydrogens (tertiary/aromatic N) is 5. The number of rotatable bonds is 7. The van der Waals surface area contributed by atoms with E-state index in [9.17, 15) is 0 Å². The van der Waals surface area contributed by atoms with Crippen molar-refractivity contribution in [1.29, 1.82) is 5.26 Å². The maximum Gasteiger partial charge on any atom is 0.216 e. The number of H-pyrrole nitrogens is 1. The molecule has 2 aromatic rings. The van der Waals surface area contributed by atoms with Gasteiger partial charge in [0.15, 0.2) is 0 Å². The summed E-state index contributed by atoms with van der Waals surface area (Å²) in [7, 11) is 1.94. The molecule has 1 aromatic heterocycles. The number of nitriles is 1. The highest BCUT2D eigenvalue weighted by molar-refractivity contribution is 5.74. The predicted octanol–water partition coefficient (Wildman–Crippen LogP) is 0.600. The first-order chi connectivity index (χ1) is 10.7. The van der Waals surface area contributed by atoms with Crippen LogP contribution in [0.2, 0.25) is 0 Å². The number of hydrogen-bond donors (Lipinski definition) is 3. The van der Waals surface area contributed by atoms with Gasteiger partial charge in [0.25, 0.3) is 0 Å². The summed E-state index contributed by atoms with van der Waals surface area (Å²) in [6.07, 6.45) is 1.54. The monoisotopic (exact) mass is 299 g/mol. The Kier molecular flexibility index (Phi) is 5.59. The van der Waals surface area contributed by atoms with Crippen LogP contribution in [0.4, 0.5) is 5.69 Å². The molecule has 0 aliphatic rings. The Morgan fingerprint density at radius 3 is 3.09 bits per heavy atom. The van der Waals surface area contributed by atoms with Gasteiger partial charge >= 0.3 is 0 Å². The van der Waals surface area contributed by atoms with Crippen molar-refractivity contribution in [1.82, 2.24) is 25.5 Å². The highest BCUT2D eigenvalue weighted by atomic mass is 16.3. The van der Waals surface area contributed by atoms with Crippen LogP contribution in [0, 0.1) is 11.3 Å². The molecule has 0 spiro atoms. The molecule has 3 N–H and O–H groups in total. The minimum absolute atomic E-state index is 0.132. The zero-order chi connectivity index (χ0) is 15.8. The summed E-state index contributed by atoms with van der Waals surface area (Å²) in [5, 5.41) is 34.3. The van der Waals surface area contributed by atoms with Gasteiger partial charge in [0, 0.05) is 25.0 Å². The molecule has 0 aliphatic heterocycles. The van der Waals surface area contributed by atoms with E-state index in [1.807, 2.05) is 42.3 Å². The molecule has 0 saturated heterocycles. The Labute approximate surface area is 128 Å². The minimum atomic E-state index is 0.132. The summed E-state index contributed by atoms with van der Waals surface area (Å²) in [4.78, 5) is 2.02. The molecule has 0 amide bonds. The number of tetrazole rings is 1. The first-order valence-corrected chi connectivity index (χ1v) is 6.72. The number of hydrogen-bond acceptors (Lipinski definition) is 7. The molecule has 2 rings (SSSR count). The molecule has 0 atom stereocenters. The second kappa shape index (κ2) is 7.87. The van der Waals surface area contributed by atoms with Gasteiger partial charge < -0.3 is 10.4 Å². The average molecular weight is 299 g/mol. The van der Waals surface area contributed by atoms with E-state index in [4.69, 9.17) is 10.4 Å². The van der Waals surface area contributed by atoms with Crippen LogP contribution in [0.3, 0.4) is 0 Å². The Morgan fingerprint density at radius 1 is 1.55 bits per heavy atom. The molecule has 8 heteroatoms. The van der Waals surface area contributed by atoms with E-state index in [1.165, 1.54) is 0 Å². The van der Waals surface area contributed by atoms with Crippen molar-refractivity contribution >= 4 is 11.3 Å². The van der Waals surface area contributed by atoms with E-state index in [0.717, 1.165) is 17.8 Å². The van der Waals surface area contributed by atoms with Gasteiger partial charge in [-0.2, -0.15) is 10.5 Å². The maximum absolute atomic E-state index is 9.10. The maximum atomic E-state index is 9.10. The quantitative estimate of drug-likeness (QED) is 0.641. The van der Waals surface area contributed by atoms with E-state index in [-0.39, 0.29) is 18.0 Å². The molecular weight excluding hydrogens is 282 g/mol. The number of aromatic amines is 1. The lowest BCUT2D eigenvalue weighted by Gasteiger charge is -2.15. The molecular formula is C14H17N7O. The van der Waals surface area contributed by atoms with Crippen molar-refractivity contribution in [2.45, 2.75) is 6.54 Å². The number of nitrogens with one attached hydrogen (secondary N) is 2. The van der Waals surface area contributed by atoms with Crippen LogP contribution in [-0.4, -0.2) is 50.8 Å². The Balaban J connectivity index is 2.05. The third kappa shape index (κ3) is 4.37. The molecule has 1 heterocycles. The summed E-state index contributed by atoms with van der Waals surface area (Å²) in [5.41, 5.74) is 2.25. The lowest BCUT2D eigenvalue weighted by Crippen LogP contribution is -2.21. The molecule has 8 nitrogen and oxygen atoms in total. The lowest BCUT2D eigenvalue weighted by atomic mass is 10.2. The third-order valence-corrected chi connectivity index (χ3v) is 2.95. The van der Waals surface area contributed by atoms with Crippen LogP contribution in [0.5, 0.6) is 0 Å². The largest absolute Gasteiger partial charge is 0.395 e. The zero-order valence-electron chi connectivity index (χ0n) is 12.2. The number of benzene rings is 1. The first kappa shape index (κ1) is 15.6. The van der Waals surface area contributed by atoms with Crippen molar-refractivity contribution in [3.8, 4) is 6.07 Å².